The van der Waals surface area contributed by atoms with E-state index in [9.17, 15) is 18.0 Å². The van der Waals surface area contributed by atoms with E-state index in [1.807, 2.05) is 4.90 Å². The van der Waals surface area contributed by atoms with Gasteiger partial charge in [-0.25, -0.2) is 9.59 Å². The monoisotopic (exact) mass is 620 g/mol. The van der Waals surface area contributed by atoms with Crippen molar-refractivity contribution in [2.24, 2.45) is 0 Å². The zero-order valence-corrected chi connectivity index (χ0v) is 25.7. The van der Waals surface area contributed by atoms with Gasteiger partial charge in [0.1, 0.15) is 18.8 Å². The van der Waals surface area contributed by atoms with Crippen LogP contribution in [0.3, 0.4) is 0 Å². The molecule has 2 atom stereocenters. The molecular weight excluding hydrogens is 564 g/mol. The second-order valence-corrected chi connectivity index (χ2v) is 13.4. The molecule has 2 aliphatic carbocycles. The molecule has 3 heterocycles. The SMILES string of the molecule is C.C1CCOC1.CS(=O)(=O)OC[C@H]1CN(C2CCCCCCC2)C(=O)O1.O=C1O[C@@H](CO)CN1C1CCCCCCC1. The third-order valence-electron chi connectivity index (χ3n) is 8.33. The number of aliphatic hydroxyl groups excluding tert-OH is 1. The minimum atomic E-state index is -3.49. The first-order valence-electron chi connectivity index (χ1n) is 15.7. The van der Waals surface area contributed by atoms with Gasteiger partial charge < -0.3 is 29.1 Å². The molecule has 11 nitrogen and oxygen atoms in total. The van der Waals surface area contributed by atoms with Crippen LogP contribution in [0.2, 0.25) is 0 Å². The molecule has 3 saturated heterocycles. The number of amides is 2. The van der Waals surface area contributed by atoms with Crippen LogP contribution >= 0.6 is 0 Å². The number of carbonyl (C=O) groups is 2. The second kappa shape index (κ2) is 19.6. The van der Waals surface area contributed by atoms with Gasteiger partial charge in [0.2, 0.25) is 0 Å². The maximum atomic E-state index is 11.9. The summed E-state index contributed by atoms with van der Waals surface area (Å²) in [5.74, 6) is 0. The molecule has 0 radical (unpaired) electrons. The Bertz CT molecular complexity index is 860. The fraction of sp³-hybridized carbons (Fsp3) is 0.933. The predicted molar refractivity (Wildman–Crippen MR) is 161 cm³/mol. The summed E-state index contributed by atoms with van der Waals surface area (Å²) in [7, 11) is -3.49. The van der Waals surface area contributed by atoms with Crippen LogP contribution in [-0.4, -0.2) is 106 Å². The summed E-state index contributed by atoms with van der Waals surface area (Å²) in [5.41, 5.74) is 0. The summed E-state index contributed by atoms with van der Waals surface area (Å²) in [6, 6.07) is 0.565. The van der Waals surface area contributed by atoms with Gasteiger partial charge in [-0.15, -0.1) is 0 Å². The normalized spacial score (nSPS) is 26.2. The summed E-state index contributed by atoms with van der Waals surface area (Å²) >= 11 is 0. The van der Waals surface area contributed by atoms with E-state index in [0.29, 0.717) is 19.1 Å². The van der Waals surface area contributed by atoms with E-state index in [0.717, 1.165) is 58.0 Å². The van der Waals surface area contributed by atoms with Crippen molar-refractivity contribution in [1.82, 2.24) is 9.80 Å². The Labute approximate surface area is 253 Å². The van der Waals surface area contributed by atoms with E-state index in [-0.39, 0.29) is 45.0 Å². The van der Waals surface area contributed by atoms with Gasteiger partial charge in [0.25, 0.3) is 10.1 Å². The average molecular weight is 621 g/mol. The molecule has 3 aliphatic heterocycles. The molecule has 246 valence electrons. The number of nitrogens with zero attached hydrogens (tertiary/aromatic N) is 2. The molecule has 0 spiro atoms. The lowest BCUT2D eigenvalue weighted by Crippen LogP contribution is -2.37. The zero-order valence-electron chi connectivity index (χ0n) is 24.9. The highest BCUT2D eigenvalue weighted by atomic mass is 32.2. The van der Waals surface area contributed by atoms with Crippen LogP contribution in [-0.2, 0) is 28.5 Å². The molecule has 5 fully saturated rings. The highest BCUT2D eigenvalue weighted by Gasteiger charge is 2.37. The maximum absolute atomic E-state index is 11.9. The smallest absolute Gasteiger partial charge is 0.410 e. The fourth-order valence-corrected chi connectivity index (χ4v) is 6.46. The molecule has 0 aromatic rings. The van der Waals surface area contributed by atoms with Crippen molar-refractivity contribution in [1.29, 1.82) is 0 Å². The van der Waals surface area contributed by atoms with Crippen molar-refractivity contribution in [3.05, 3.63) is 0 Å². The largest absolute Gasteiger partial charge is 0.442 e. The summed E-state index contributed by atoms with van der Waals surface area (Å²) in [6.07, 6.45) is 18.7. The van der Waals surface area contributed by atoms with E-state index in [1.165, 1.54) is 64.2 Å². The molecule has 2 amide bonds. The maximum Gasteiger partial charge on any atom is 0.410 e. The average Bonchev–Trinajstić information content (AvgIpc) is 3.66. The summed E-state index contributed by atoms with van der Waals surface area (Å²) in [4.78, 5) is 27.1. The van der Waals surface area contributed by atoms with Crippen LogP contribution in [0.5, 0.6) is 0 Å². The Morgan fingerprint density at radius 3 is 1.48 bits per heavy atom. The van der Waals surface area contributed by atoms with Gasteiger partial charge in [-0.1, -0.05) is 71.6 Å². The lowest BCUT2D eigenvalue weighted by atomic mass is 9.96. The predicted octanol–water partition coefficient (Wildman–Crippen LogP) is 5.24. The highest BCUT2D eigenvalue weighted by Crippen LogP contribution is 2.26. The van der Waals surface area contributed by atoms with Gasteiger partial charge >= 0.3 is 12.2 Å². The van der Waals surface area contributed by atoms with Crippen LogP contribution in [0.25, 0.3) is 0 Å². The molecule has 0 aromatic carbocycles. The van der Waals surface area contributed by atoms with E-state index >= 15 is 0 Å². The van der Waals surface area contributed by atoms with E-state index < -0.39 is 16.2 Å². The third kappa shape index (κ3) is 13.3. The van der Waals surface area contributed by atoms with Crippen molar-refractivity contribution in [2.75, 3.05) is 45.8 Å². The van der Waals surface area contributed by atoms with Crippen LogP contribution in [0.15, 0.2) is 0 Å². The van der Waals surface area contributed by atoms with Crippen molar-refractivity contribution in [2.45, 2.75) is 134 Å². The first-order valence-corrected chi connectivity index (χ1v) is 17.6. The van der Waals surface area contributed by atoms with Gasteiger partial charge in [0, 0.05) is 25.3 Å². The first kappa shape index (κ1) is 36.6. The van der Waals surface area contributed by atoms with Crippen LogP contribution in [0, 0.1) is 0 Å². The number of ether oxygens (including phenoxy) is 3. The van der Waals surface area contributed by atoms with Crippen molar-refractivity contribution < 1.29 is 41.5 Å². The number of rotatable bonds is 6. The Balaban J connectivity index is 0.000000250. The van der Waals surface area contributed by atoms with Crippen LogP contribution in [0.4, 0.5) is 9.59 Å². The molecule has 12 heteroatoms. The molecule has 0 unspecified atom stereocenters. The van der Waals surface area contributed by atoms with Crippen LogP contribution in [0.1, 0.15) is 110 Å². The molecule has 5 rings (SSSR count). The lowest BCUT2D eigenvalue weighted by molar-refractivity contribution is 0.0936. The topological polar surface area (TPSA) is 132 Å². The highest BCUT2D eigenvalue weighted by molar-refractivity contribution is 7.85. The lowest BCUT2D eigenvalue weighted by Gasteiger charge is -2.27. The number of aliphatic hydroxyl groups is 1. The Hall–Kier alpha value is -1.63. The van der Waals surface area contributed by atoms with Crippen molar-refractivity contribution in [3.8, 4) is 0 Å². The molecule has 0 aromatic heterocycles. The Kier molecular flexibility index (Phi) is 17.1. The summed E-state index contributed by atoms with van der Waals surface area (Å²) in [5, 5.41) is 9.00. The first-order chi connectivity index (χ1) is 19.8. The number of hydrogen-bond donors (Lipinski definition) is 1. The standard InChI is InChI=1S/C13H23NO5S.C12H21NO3.C4H8O.CH4/c1-20(16,17)18-10-12-9-14(13(15)19-12)11-7-5-3-2-4-6-8-11;14-9-11-8-13(12(15)16-11)10-6-4-2-1-3-5-7-10;1-2-4-5-3-1;/h11-12H,2-10H2,1H3;10-11,14H,1-9H2;1-4H2;1H4/t12-;11-;;/m11../s1. The molecular formula is C30H56N2O9S. The molecule has 0 bridgehead atoms. The zero-order chi connectivity index (χ0) is 29.5. The van der Waals surface area contributed by atoms with Gasteiger partial charge in [-0.2, -0.15) is 8.42 Å². The molecule has 2 saturated carbocycles. The molecule has 1 N–H and O–H groups in total. The van der Waals surface area contributed by atoms with E-state index in [1.54, 1.807) is 4.90 Å². The van der Waals surface area contributed by atoms with Gasteiger partial charge in [0.15, 0.2) is 0 Å². The van der Waals surface area contributed by atoms with Gasteiger partial charge in [0.05, 0.1) is 26.0 Å². The van der Waals surface area contributed by atoms with Gasteiger partial charge in [-0.05, 0) is 38.5 Å². The van der Waals surface area contributed by atoms with E-state index in [2.05, 4.69) is 0 Å². The fourth-order valence-electron chi connectivity index (χ4n) is 6.06. The van der Waals surface area contributed by atoms with Crippen LogP contribution < -0.4 is 0 Å². The van der Waals surface area contributed by atoms with Gasteiger partial charge in [-0.3, -0.25) is 4.18 Å². The Morgan fingerprint density at radius 1 is 0.714 bits per heavy atom. The minimum absolute atomic E-state index is 0. The third-order valence-corrected chi connectivity index (χ3v) is 8.90. The Morgan fingerprint density at radius 2 is 1.12 bits per heavy atom. The number of hydrogen-bond acceptors (Lipinski definition) is 9. The number of cyclic esters (lactones) is 2. The minimum Gasteiger partial charge on any atom is -0.442 e. The van der Waals surface area contributed by atoms with E-state index in [4.69, 9.17) is 23.5 Å². The molecule has 42 heavy (non-hydrogen) atoms. The number of carbonyl (C=O) groups excluding carboxylic acids is 2. The summed E-state index contributed by atoms with van der Waals surface area (Å²) in [6.45, 7) is 2.85. The van der Waals surface area contributed by atoms with Crippen molar-refractivity contribution >= 4 is 22.3 Å². The summed E-state index contributed by atoms with van der Waals surface area (Å²) < 4.78 is 41.9. The quantitative estimate of drug-likeness (QED) is 0.396. The second-order valence-electron chi connectivity index (χ2n) is 11.8. The van der Waals surface area contributed by atoms with Crippen molar-refractivity contribution in [3.63, 3.8) is 0 Å². The molecule has 5 aliphatic rings.